The van der Waals surface area contributed by atoms with Gasteiger partial charge < -0.3 is 4.90 Å². The summed E-state index contributed by atoms with van der Waals surface area (Å²) in [4.78, 5) is 2.33. The number of allylic oxidation sites excluding steroid dienone is 1. The highest BCUT2D eigenvalue weighted by Gasteiger charge is 2.25. The van der Waals surface area contributed by atoms with Gasteiger partial charge in [0.25, 0.3) is 0 Å². The quantitative estimate of drug-likeness (QED) is 0.513. The molecule has 0 N–H and O–H groups in total. The van der Waals surface area contributed by atoms with Crippen LogP contribution in [0.15, 0.2) is 12.3 Å². The largest absolute Gasteiger partial charge is 0.380 e. The zero-order valence-corrected chi connectivity index (χ0v) is 7.29. The fourth-order valence-electron chi connectivity index (χ4n) is 2.40. The smallest absolute Gasteiger partial charge is 0.0203 e. The molecule has 2 unspecified atom stereocenters. The van der Waals surface area contributed by atoms with E-state index in [-0.39, 0.29) is 0 Å². The Morgan fingerprint density at radius 1 is 1.27 bits per heavy atom. The molecular weight excluding hydrogens is 134 g/mol. The van der Waals surface area contributed by atoms with Gasteiger partial charge >= 0.3 is 0 Å². The highest BCUT2D eigenvalue weighted by atomic mass is 15.1. The van der Waals surface area contributed by atoms with Crippen molar-refractivity contribution in [3.8, 4) is 0 Å². The molecule has 0 aromatic carbocycles. The molecule has 2 atom stereocenters. The first-order chi connectivity index (χ1) is 5.36. The molecule has 0 saturated heterocycles. The van der Waals surface area contributed by atoms with E-state index in [0.717, 1.165) is 11.8 Å². The molecule has 1 aliphatic heterocycles. The molecule has 0 spiro atoms. The van der Waals surface area contributed by atoms with Crippen LogP contribution in [0.3, 0.4) is 0 Å². The van der Waals surface area contributed by atoms with E-state index in [1.165, 1.54) is 32.2 Å². The van der Waals surface area contributed by atoms with E-state index in [2.05, 4.69) is 24.2 Å². The van der Waals surface area contributed by atoms with Gasteiger partial charge in [0.05, 0.1) is 0 Å². The van der Waals surface area contributed by atoms with E-state index in [1.54, 1.807) is 0 Å². The Hall–Kier alpha value is -0.460. The van der Waals surface area contributed by atoms with Gasteiger partial charge in [-0.05, 0) is 30.9 Å². The lowest BCUT2D eigenvalue weighted by atomic mass is 9.78. The normalized spacial score (nSPS) is 37.0. The maximum Gasteiger partial charge on any atom is 0.0203 e. The summed E-state index contributed by atoms with van der Waals surface area (Å²) in [6.45, 7) is 1.29. The fraction of sp³-hybridized carbons (Fsp3) is 0.800. The highest BCUT2D eigenvalue weighted by molar-refractivity contribution is 4.98. The van der Waals surface area contributed by atoms with E-state index in [0.29, 0.717) is 0 Å². The van der Waals surface area contributed by atoms with Gasteiger partial charge in [-0.3, -0.25) is 0 Å². The Kier molecular flexibility index (Phi) is 1.89. The summed E-state index contributed by atoms with van der Waals surface area (Å²) in [5.41, 5.74) is 0. The molecule has 1 heterocycles. The molecule has 0 radical (unpaired) electrons. The van der Waals surface area contributed by atoms with Gasteiger partial charge in [0.2, 0.25) is 0 Å². The molecule has 0 aromatic rings. The number of rotatable bonds is 0. The summed E-state index contributed by atoms with van der Waals surface area (Å²) < 4.78 is 0. The monoisotopic (exact) mass is 151 g/mol. The second-order valence-corrected chi connectivity index (χ2v) is 3.99. The van der Waals surface area contributed by atoms with Gasteiger partial charge in [0.1, 0.15) is 0 Å². The van der Waals surface area contributed by atoms with Crippen LogP contribution in [0.5, 0.6) is 0 Å². The lowest BCUT2D eigenvalue weighted by Crippen LogP contribution is -2.32. The van der Waals surface area contributed by atoms with Crippen molar-refractivity contribution in [2.24, 2.45) is 11.8 Å². The summed E-state index contributed by atoms with van der Waals surface area (Å²) in [5, 5.41) is 0. The van der Waals surface area contributed by atoms with Gasteiger partial charge in [-0.15, -0.1) is 0 Å². The minimum Gasteiger partial charge on any atom is -0.380 e. The first-order valence-corrected chi connectivity index (χ1v) is 4.75. The van der Waals surface area contributed by atoms with Crippen LogP contribution in [-0.2, 0) is 0 Å². The molecule has 0 amide bonds. The van der Waals surface area contributed by atoms with Crippen LogP contribution in [0.2, 0.25) is 0 Å². The van der Waals surface area contributed by atoms with E-state index in [4.69, 9.17) is 0 Å². The maximum absolute atomic E-state index is 2.41. The van der Waals surface area contributed by atoms with Crippen molar-refractivity contribution in [3.63, 3.8) is 0 Å². The van der Waals surface area contributed by atoms with Crippen molar-refractivity contribution in [1.82, 2.24) is 4.90 Å². The second-order valence-electron chi connectivity index (χ2n) is 3.99. The summed E-state index contributed by atoms with van der Waals surface area (Å²) in [6.07, 6.45) is 10.5. The summed E-state index contributed by atoms with van der Waals surface area (Å²) >= 11 is 0. The Balaban J connectivity index is 2.05. The van der Waals surface area contributed by atoms with Crippen LogP contribution in [0.25, 0.3) is 0 Å². The van der Waals surface area contributed by atoms with Gasteiger partial charge in [-0.1, -0.05) is 18.9 Å². The third kappa shape index (κ3) is 1.42. The van der Waals surface area contributed by atoms with E-state index < -0.39 is 0 Å². The van der Waals surface area contributed by atoms with Crippen LogP contribution in [0.4, 0.5) is 0 Å². The molecular formula is C10H17N. The molecule has 2 rings (SSSR count). The van der Waals surface area contributed by atoms with Gasteiger partial charge in [0, 0.05) is 13.6 Å². The second kappa shape index (κ2) is 2.88. The minimum atomic E-state index is 0.917. The van der Waals surface area contributed by atoms with Crippen molar-refractivity contribution in [2.45, 2.75) is 25.7 Å². The standard InChI is InChI=1S/C10H17N/c1-11-7-6-9-4-2-3-5-10(9)8-11/h6-7,9-10H,2-5,8H2,1H3. The summed E-state index contributed by atoms with van der Waals surface area (Å²) in [5.74, 6) is 1.89. The van der Waals surface area contributed by atoms with E-state index in [1.807, 2.05) is 0 Å². The molecule has 1 heteroatoms. The van der Waals surface area contributed by atoms with Gasteiger partial charge in [0.15, 0.2) is 0 Å². The van der Waals surface area contributed by atoms with Crippen LogP contribution >= 0.6 is 0 Å². The molecule has 0 aromatic heterocycles. The molecule has 2 aliphatic rings. The zero-order chi connectivity index (χ0) is 7.68. The average molecular weight is 151 g/mol. The Morgan fingerprint density at radius 3 is 3.00 bits per heavy atom. The maximum atomic E-state index is 2.41. The van der Waals surface area contributed by atoms with Crippen molar-refractivity contribution < 1.29 is 0 Å². The first-order valence-electron chi connectivity index (χ1n) is 4.75. The van der Waals surface area contributed by atoms with Crippen molar-refractivity contribution in [1.29, 1.82) is 0 Å². The third-order valence-corrected chi connectivity index (χ3v) is 3.08. The molecule has 1 aliphatic carbocycles. The lowest BCUT2D eigenvalue weighted by Gasteiger charge is -2.36. The first kappa shape index (κ1) is 7.20. The van der Waals surface area contributed by atoms with Crippen LogP contribution in [0, 0.1) is 11.8 Å². The summed E-state index contributed by atoms with van der Waals surface area (Å²) in [6, 6.07) is 0. The predicted octanol–water partition coefficient (Wildman–Crippen LogP) is 2.25. The number of fused-ring (bicyclic) bond motifs is 1. The number of nitrogens with zero attached hydrogens (tertiary/aromatic N) is 1. The van der Waals surface area contributed by atoms with Gasteiger partial charge in [-0.2, -0.15) is 0 Å². The molecule has 0 bridgehead atoms. The highest BCUT2D eigenvalue weighted by Crippen LogP contribution is 2.33. The molecule has 1 fully saturated rings. The Morgan fingerprint density at radius 2 is 2.09 bits per heavy atom. The minimum absolute atomic E-state index is 0.917. The molecule has 11 heavy (non-hydrogen) atoms. The topological polar surface area (TPSA) is 3.24 Å². The average Bonchev–Trinajstić information content (AvgIpc) is 2.04. The molecule has 1 nitrogen and oxygen atoms in total. The third-order valence-electron chi connectivity index (χ3n) is 3.08. The van der Waals surface area contributed by atoms with Crippen LogP contribution < -0.4 is 0 Å². The van der Waals surface area contributed by atoms with Crippen molar-refractivity contribution in [2.75, 3.05) is 13.6 Å². The van der Waals surface area contributed by atoms with Crippen molar-refractivity contribution >= 4 is 0 Å². The van der Waals surface area contributed by atoms with E-state index in [9.17, 15) is 0 Å². The number of hydrogen-bond acceptors (Lipinski definition) is 1. The lowest BCUT2D eigenvalue weighted by molar-refractivity contribution is 0.209. The molecule has 62 valence electrons. The Labute approximate surface area is 69.1 Å². The molecule has 1 saturated carbocycles. The Bertz CT molecular complexity index is 162. The zero-order valence-electron chi connectivity index (χ0n) is 7.29. The van der Waals surface area contributed by atoms with E-state index >= 15 is 0 Å². The number of hydrogen-bond donors (Lipinski definition) is 0. The van der Waals surface area contributed by atoms with Gasteiger partial charge in [-0.25, -0.2) is 0 Å². The van der Waals surface area contributed by atoms with Crippen molar-refractivity contribution in [3.05, 3.63) is 12.3 Å². The summed E-state index contributed by atoms with van der Waals surface area (Å²) in [7, 11) is 2.18. The van der Waals surface area contributed by atoms with Crippen LogP contribution in [0.1, 0.15) is 25.7 Å². The van der Waals surface area contributed by atoms with Crippen LogP contribution in [-0.4, -0.2) is 18.5 Å². The SMILES string of the molecule is CN1C=CC2CCCCC2C1. The predicted molar refractivity (Wildman–Crippen MR) is 47.2 cm³/mol. The fourth-order valence-corrected chi connectivity index (χ4v) is 2.40.